The van der Waals surface area contributed by atoms with Gasteiger partial charge in [-0.05, 0) is 48.6 Å². The molecule has 7 rings (SSSR count). The number of aromatic nitrogens is 4. The number of benzene rings is 3. The topological polar surface area (TPSA) is 77.3 Å². The highest BCUT2D eigenvalue weighted by molar-refractivity contribution is 5.89. The molecule has 3 aromatic carbocycles. The Kier molecular flexibility index (Phi) is 6.20. The van der Waals surface area contributed by atoms with Crippen LogP contribution in [0, 0.1) is 0 Å². The minimum absolute atomic E-state index is 0.300. The summed E-state index contributed by atoms with van der Waals surface area (Å²) in [5.74, 6) is 1.36. The molecule has 0 radical (unpaired) electrons. The first-order valence-corrected chi connectivity index (χ1v) is 13.6. The van der Waals surface area contributed by atoms with Gasteiger partial charge in [-0.25, -0.2) is 4.98 Å². The lowest BCUT2D eigenvalue weighted by molar-refractivity contribution is 0.245. The highest BCUT2D eigenvalue weighted by Gasteiger charge is 2.22. The van der Waals surface area contributed by atoms with Crippen LogP contribution in [0.4, 0.5) is 17.2 Å². The molecule has 8 heteroatoms. The van der Waals surface area contributed by atoms with Gasteiger partial charge in [0.25, 0.3) is 0 Å². The number of nitrogens with one attached hydrogen (secondary N) is 1. The number of imidazole rings is 1. The molecule has 0 amide bonds. The molecule has 1 N–H and O–H groups in total. The summed E-state index contributed by atoms with van der Waals surface area (Å²) in [4.78, 5) is 16.6. The molecule has 196 valence electrons. The highest BCUT2D eigenvalue weighted by Crippen LogP contribution is 2.35. The first-order chi connectivity index (χ1) is 19.3. The monoisotopic (exact) mass is 518 g/mol. The van der Waals surface area contributed by atoms with Crippen molar-refractivity contribution in [3.63, 3.8) is 0 Å². The van der Waals surface area contributed by atoms with Crippen LogP contribution in [-0.2, 0) is 4.74 Å². The standard InChI is InChI=1S/C31H30N6O2/c1-2-9-25(10-3-1)37-21-32-28-29(33-23-13-15-24(16-14-23)36-17-19-38-20-18-36)34-31(35-30(28)37)39-27-12-6-8-22-7-4-5-11-26(22)27/h4-8,11-17,19,21,25H,1-3,9-10,18,20H2,(H,33,34,35). The molecular weight excluding hydrogens is 488 g/mol. The Labute approximate surface area is 226 Å². The average molecular weight is 519 g/mol. The second-order valence-electron chi connectivity index (χ2n) is 10.1. The molecule has 2 aromatic heterocycles. The number of anilines is 3. The first-order valence-electron chi connectivity index (χ1n) is 13.6. The number of nitrogens with zero attached hydrogens (tertiary/aromatic N) is 5. The van der Waals surface area contributed by atoms with Gasteiger partial charge in [0.2, 0.25) is 0 Å². The Morgan fingerprint density at radius 3 is 2.59 bits per heavy atom. The van der Waals surface area contributed by atoms with Crippen LogP contribution in [0.5, 0.6) is 11.8 Å². The molecule has 0 bridgehead atoms. The van der Waals surface area contributed by atoms with Crippen molar-refractivity contribution in [1.82, 2.24) is 19.5 Å². The summed E-state index contributed by atoms with van der Waals surface area (Å²) >= 11 is 0. The Morgan fingerprint density at radius 1 is 0.897 bits per heavy atom. The number of hydrogen-bond donors (Lipinski definition) is 1. The van der Waals surface area contributed by atoms with Crippen LogP contribution in [0.2, 0.25) is 0 Å². The third kappa shape index (κ3) is 4.74. The van der Waals surface area contributed by atoms with E-state index in [-0.39, 0.29) is 0 Å². The number of fused-ring (bicyclic) bond motifs is 2. The van der Waals surface area contributed by atoms with Gasteiger partial charge in [-0.3, -0.25) is 0 Å². The maximum absolute atomic E-state index is 6.36. The Bertz CT molecular complexity index is 1630. The summed E-state index contributed by atoms with van der Waals surface area (Å²) in [7, 11) is 0. The average Bonchev–Trinajstić information content (AvgIpc) is 3.43. The zero-order chi connectivity index (χ0) is 26.0. The lowest BCUT2D eigenvalue weighted by Crippen LogP contribution is -2.24. The van der Waals surface area contributed by atoms with Crippen molar-refractivity contribution in [3.8, 4) is 11.8 Å². The van der Waals surface area contributed by atoms with Gasteiger partial charge in [0, 0.05) is 29.0 Å². The Balaban J connectivity index is 1.26. The van der Waals surface area contributed by atoms with E-state index in [1.807, 2.05) is 36.8 Å². The largest absolute Gasteiger partial charge is 0.498 e. The predicted molar refractivity (Wildman–Crippen MR) is 154 cm³/mol. The van der Waals surface area contributed by atoms with E-state index in [1.165, 1.54) is 19.3 Å². The van der Waals surface area contributed by atoms with E-state index < -0.39 is 0 Å². The lowest BCUT2D eigenvalue weighted by Gasteiger charge is -2.23. The summed E-state index contributed by atoms with van der Waals surface area (Å²) in [5, 5.41) is 5.62. The van der Waals surface area contributed by atoms with E-state index in [2.05, 4.69) is 57.2 Å². The van der Waals surface area contributed by atoms with Crippen LogP contribution in [-0.4, -0.2) is 32.7 Å². The number of ether oxygens (including phenoxy) is 2. The van der Waals surface area contributed by atoms with Crippen molar-refractivity contribution in [1.29, 1.82) is 0 Å². The van der Waals surface area contributed by atoms with E-state index >= 15 is 0 Å². The summed E-state index contributed by atoms with van der Waals surface area (Å²) in [6.45, 7) is 1.50. The molecule has 0 unspecified atom stereocenters. The Hall–Kier alpha value is -4.59. The molecule has 0 spiro atoms. The van der Waals surface area contributed by atoms with Gasteiger partial charge in [0.1, 0.15) is 12.4 Å². The van der Waals surface area contributed by atoms with Crippen molar-refractivity contribution < 1.29 is 9.47 Å². The number of hydrogen-bond acceptors (Lipinski definition) is 7. The molecule has 0 atom stereocenters. The summed E-state index contributed by atoms with van der Waals surface area (Å²) < 4.78 is 13.9. The van der Waals surface area contributed by atoms with E-state index in [1.54, 1.807) is 6.26 Å². The van der Waals surface area contributed by atoms with Crippen LogP contribution < -0.4 is 15.0 Å². The molecule has 1 fully saturated rings. The fourth-order valence-electron chi connectivity index (χ4n) is 5.54. The molecule has 5 aromatic rings. The van der Waals surface area contributed by atoms with E-state index in [9.17, 15) is 0 Å². The van der Waals surface area contributed by atoms with Gasteiger partial charge < -0.3 is 24.3 Å². The predicted octanol–water partition coefficient (Wildman–Crippen LogP) is 7.33. The zero-order valence-corrected chi connectivity index (χ0v) is 21.7. The van der Waals surface area contributed by atoms with Gasteiger partial charge in [-0.15, -0.1) is 0 Å². The molecule has 1 aliphatic heterocycles. The molecule has 1 aliphatic carbocycles. The molecule has 3 heterocycles. The van der Waals surface area contributed by atoms with Crippen LogP contribution in [0.15, 0.2) is 85.5 Å². The molecule has 2 aliphatic rings. The second kappa shape index (κ2) is 10.3. The maximum atomic E-state index is 6.36. The van der Waals surface area contributed by atoms with Crippen LogP contribution >= 0.6 is 0 Å². The molecule has 0 saturated heterocycles. The smallest absolute Gasteiger partial charge is 0.326 e. The van der Waals surface area contributed by atoms with E-state index in [0.717, 1.165) is 58.4 Å². The fourth-order valence-corrected chi connectivity index (χ4v) is 5.54. The minimum Gasteiger partial charge on any atom is -0.498 e. The van der Waals surface area contributed by atoms with Gasteiger partial charge in [-0.1, -0.05) is 55.7 Å². The van der Waals surface area contributed by atoms with Crippen molar-refractivity contribution >= 4 is 39.1 Å². The SMILES string of the molecule is C1=CN(c2ccc(Nc3nc(Oc4cccc5ccccc45)nc4c3ncn4C3CCCCC3)cc2)CCO1. The van der Waals surface area contributed by atoms with Gasteiger partial charge in [0.15, 0.2) is 17.0 Å². The molecular formula is C31H30N6O2. The second-order valence-corrected chi connectivity index (χ2v) is 10.1. The maximum Gasteiger partial charge on any atom is 0.326 e. The first kappa shape index (κ1) is 23.5. The van der Waals surface area contributed by atoms with Crippen molar-refractivity contribution in [2.24, 2.45) is 0 Å². The van der Waals surface area contributed by atoms with E-state index in [0.29, 0.717) is 24.5 Å². The summed E-state index contributed by atoms with van der Waals surface area (Å²) in [5.41, 5.74) is 3.56. The van der Waals surface area contributed by atoms with Crippen molar-refractivity contribution in [3.05, 3.63) is 85.5 Å². The minimum atomic E-state index is 0.300. The Morgan fingerprint density at radius 2 is 1.74 bits per heavy atom. The number of rotatable bonds is 6. The summed E-state index contributed by atoms with van der Waals surface area (Å²) in [6, 6.07) is 23.2. The van der Waals surface area contributed by atoms with Gasteiger partial charge in [-0.2, -0.15) is 9.97 Å². The van der Waals surface area contributed by atoms with Gasteiger partial charge in [0.05, 0.1) is 19.1 Å². The van der Waals surface area contributed by atoms with Crippen molar-refractivity contribution in [2.75, 3.05) is 23.4 Å². The quantitative estimate of drug-likeness (QED) is 0.252. The van der Waals surface area contributed by atoms with Crippen molar-refractivity contribution in [2.45, 2.75) is 38.1 Å². The van der Waals surface area contributed by atoms with Gasteiger partial charge >= 0.3 is 6.01 Å². The molecule has 39 heavy (non-hydrogen) atoms. The third-order valence-corrected chi connectivity index (χ3v) is 7.57. The van der Waals surface area contributed by atoms with Crippen LogP contribution in [0.1, 0.15) is 38.1 Å². The van der Waals surface area contributed by atoms with Crippen LogP contribution in [0.3, 0.4) is 0 Å². The van der Waals surface area contributed by atoms with E-state index in [4.69, 9.17) is 24.4 Å². The van der Waals surface area contributed by atoms with Crippen LogP contribution in [0.25, 0.3) is 21.9 Å². The normalized spacial score (nSPS) is 15.9. The lowest BCUT2D eigenvalue weighted by atomic mass is 9.95. The molecule has 1 saturated carbocycles. The summed E-state index contributed by atoms with van der Waals surface area (Å²) in [6.07, 6.45) is 11.6. The highest BCUT2D eigenvalue weighted by atomic mass is 16.5. The third-order valence-electron chi connectivity index (χ3n) is 7.57. The zero-order valence-electron chi connectivity index (χ0n) is 21.7. The molecule has 8 nitrogen and oxygen atoms in total. The fraction of sp³-hybridized carbons (Fsp3) is 0.258.